The molecule has 2 aromatic rings. The quantitative estimate of drug-likeness (QED) is 0.890. The van der Waals surface area contributed by atoms with Crippen molar-refractivity contribution in [1.29, 1.82) is 0 Å². The third kappa shape index (κ3) is 2.13. The lowest BCUT2D eigenvalue weighted by atomic mass is 10.2. The average molecular weight is 274 g/mol. The number of ether oxygens (including phenoxy) is 2. The molecule has 6 nitrogen and oxygen atoms in total. The molecule has 1 aromatic heterocycles. The Kier molecular flexibility index (Phi) is 3.14. The van der Waals surface area contributed by atoms with E-state index in [1.165, 1.54) is 0 Å². The fourth-order valence-corrected chi connectivity index (χ4v) is 2.30. The number of rotatable bonds is 4. The Morgan fingerprint density at radius 1 is 1.35 bits per heavy atom. The lowest BCUT2D eigenvalue weighted by Gasteiger charge is -2.08. The Morgan fingerprint density at radius 2 is 2.15 bits per heavy atom. The van der Waals surface area contributed by atoms with Crippen molar-refractivity contribution in [3.63, 3.8) is 0 Å². The minimum atomic E-state index is 0.292. The summed E-state index contributed by atoms with van der Waals surface area (Å²) in [4.78, 5) is 0. The van der Waals surface area contributed by atoms with E-state index in [9.17, 15) is 0 Å². The summed E-state index contributed by atoms with van der Waals surface area (Å²) in [6, 6.07) is 5.90. The number of anilines is 2. The predicted octanol–water partition coefficient (Wildman–Crippen LogP) is 1.91. The van der Waals surface area contributed by atoms with Gasteiger partial charge in [0.15, 0.2) is 11.5 Å². The Labute approximate surface area is 117 Å². The van der Waals surface area contributed by atoms with Crippen molar-refractivity contribution < 1.29 is 9.47 Å². The molecular weight excluding hydrogens is 256 g/mol. The monoisotopic (exact) mass is 274 g/mol. The summed E-state index contributed by atoms with van der Waals surface area (Å²) < 4.78 is 12.4. The molecule has 1 aromatic carbocycles. The second kappa shape index (κ2) is 4.96. The highest BCUT2D eigenvalue weighted by Crippen LogP contribution is 2.33. The standard InChI is InChI=1S/C14H18N4O2/c1-3-10-13(15)14(18(2)17-10)16-7-9-4-5-11-12(6-9)20-8-19-11/h4-6,16H,3,7-8,15H2,1-2H3. The number of nitrogens with one attached hydrogen (secondary N) is 1. The molecule has 1 aliphatic heterocycles. The van der Waals surface area contributed by atoms with Crippen LogP contribution in [0.25, 0.3) is 0 Å². The first-order valence-electron chi connectivity index (χ1n) is 6.62. The number of nitrogens with two attached hydrogens (primary N) is 1. The molecule has 0 bridgehead atoms. The molecule has 0 atom stereocenters. The second-order valence-electron chi connectivity index (χ2n) is 4.73. The van der Waals surface area contributed by atoms with Gasteiger partial charge in [-0.05, 0) is 24.1 Å². The SMILES string of the molecule is CCc1nn(C)c(NCc2ccc3c(c2)OCO3)c1N. The molecular formula is C14H18N4O2. The minimum absolute atomic E-state index is 0.292. The van der Waals surface area contributed by atoms with Gasteiger partial charge in [-0.3, -0.25) is 4.68 Å². The predicted molar refractivity (Wildman–Crippen MR) is 76.9 cm³/mol. The number of fused-ring (bicyclic) bond motifs is 1. The van der Waals surface area contributed by atoms with Crippen LogP contribution >= 0.6 is 0 Å². The van der Waals surface area contributed by atoms with Crippen molar-refractivity contribution >= 4 is 11.5 Å². The summed E-state index contributed by atoms with van der Waals surface area (Å²) in [6.45, 7) is 2.99. The van der Waals surface area contributed by atoms with E-state index in [2.05, 4.69) is 10.4 Å². The van der Waals surface area contributed by atoms with E-state index >= 15 is 0 Å². The van der Waals surface area contributed by atoms with Crippen LogP contribution in [-0.2, 0) is 20.0 Å². The van der Waals surface area contributed by atoms with Crippen molar-refractivity contribution in [2.45, 2.75) is 19.9 Å². The summed E-state index contributed by atoms with van der Waals surface area (Å²) in [6.07, 6.45) is 0.825. The summed E-state index contributed by atoms with van der Waals surface area (Å²) >= 11 is 0. The Bertz CT molecular complexity index is 636. The van der Waals surface area contributed by atoms with E-state index in [0.29, 0.717) is 13.3 Å². The zero-order valence-corrected chi connectivity index (χ0v) is 11.6. The molecule has 0 spiro atoms. The third-order valence-corrected chi connectivity index (χ3v) is 3.39. The van der Waals surface area contributed by atoms with E-state index in [0.717, 1.165) is 40.7 Å². The molecule has 0 amide bonds. The second-order valence-corrected chi connectivity index (χ2v) is 4.73. The maximum absolute atomic E-state index is 6.08. The van der Waals surface area contributed by atoms with Gasteiger partial charge in [0, 0.05) is 13.6 Å². The van der Waals surface area contributed by atoms with Gasteiger partial charge < -0.3 is 20.5 Å². The van der Waals surface area contributed by atoms with Crippen LogP contribution in [0.5, 0.6) is 11.5 Å². The number of benzene rings is 1. The summed E-state index contributed by atoms with van der Waals surface area (Å²) in [7, 11) is 1.89. The minimum Gasteiger partial charge on any atom is -0.454 e. The fourth-order valence-electron chi connectivity index (χ4n) is 2.30. The molecule has 0 unspecified atom stereocenters. The number of hydrogen-bond acceptors (Lipinski definition) is 5. The van der Waals surface area contributed by atoms with Crippen LogP contribution in [0.4, 0.5) is 11.5 Å². The molecule has 0 aliphatic carbocycles. The van der Waals surface area contributed by atoms with E-state index < -0.39 is 0 Å². The highest BCUT2D eigenvalue weighted by Gasteiger charge is 2.14. The van der Waals surface area contributed by atoms with Gasteiger partial charge >= 0.3 is 0 Å². The number of aromatic nitrogens is 2. The first-order valence-corrected chi connectivity index (χ1v) is 6.62. The highest BCUT2D eigenvalue weighted by molar-refractivity contribution is 5.65. The normalized spacial score (nSPS) is 12.7. The molecule has 106 valence electrons. The lowest BCUT2D eigenvalue weighted by molar-refractivity contribution is 0.174. The van der Waals surface area contributed by atoms with Crippen molar-refractivity contribution in [2.24, 2.45) is 7.05 Å². The van der Waals surface area contributed by atoms with Gasteiger partial charge in [0.25, 0.3) is 0 Å². The number of aryl methyl sites for hydroxylation is 2. The van der Waals surface area contributed by atoms with Crippen molar-refractivity contribution in [2.75, 3.05) is 17.8 Å². The maximum Gasteiger partial charge on any atom is 0.231 e. The molecule has 0 radical (unpaired) electrons. The van der Waals surface area contributed by atoms with Crippen LogP contribution < -0.4 is 20.5 Å². The van der Waals surface area contributed by atoms with Crippen LogP contribution in [0, 0.1) is 0 Å². The first-order chi connectivity index (χ1) is 9.69. The molecule has 6 heteroatoms. The Hall–Kier alpha value is -2.37. The summed E-state index contributed by atoms with van der Waals surface area (Å²) in [5.41, 5.74) is 8.82. The van der Waals surface area contributed by atoms with Gasteiger partial charge in [-0.15, -0.1) is 0 Å². The van der Waals surface area contributed by atoms with Crippen molar-refractivity contribution in [3.05, 3.63) is 29.5 Å². The number of hydrogen-bond donors (Lipinski definition) is 2. The Balaban J connectivity index is 1.75. The van der Waals surface area contributed by atoms with E-state index in [1.54, 1.807) is 4.68 Å². The van der Waals surface area contributed by atoms with Gasteiger partial charge in [0.05, 0.1) is 11.4 Å². The molecule has 3 rings (SSSR count). The van der Waals surface area contributed by atoms with Crippen LogP contribution in [0.15, 0.2) is 18.2 Å². The van der Waals surface area contributed by atoms with Gasteiger partial charge in [0.2, 0.25) is 6.79 Å². The van der Waals surface area contributed by atoms with E-state index in [4.69, 9.17) is 15.2 Å². The molecule has 3 N–H and O–H groups in total. The topological polar surface area (TPSA) is 74.3 Å². The van der Waals surface area contributed by atoms with Crippen LogP contribution in [0.2, 0.25) is 0 Å². The molecule has 1 aliphatic rings. The van der Waals surface area contributed by atoms with Gasteiger partial charge in [0.1, 0.15) is 5.82 Å². The first kappa shape index (κ1) is 12.7. The smallest absolute Gasteiger partial charge is 0.231 e. The van der Waals surface area contributed by atoms with Crippen LogP contribution in [0.1, 0.15) is 18.2 Å². The molecule has 0 saturated heterocycles. The van der Waals surface area contributed by atoms with Crippen LogP contribution in [-0.4, -0.2) is 16.6 Å². The summed E-state index contributed by atoms with van der Waals surface area (Å²) in [5, 5.41) is 7.71. The van der Waals surface area contributed by atoms with E-state index in [-0.39, 0.29) is 0 Å². The maximum atomic E-state index is 6.08. The zero-order chi connectivity index (χ0) is 14.1. The van der Waals surface area contributed by atoms with Crippen molar-refractivity contribution in [3.8, 4) is 11.5 Å². The van der Waals surface area contributed by atoms with Gasteiger partial charge in [-0.1, -0.05) is 13.0 Å². The van der Waals surface area contributed by atoms with Crippen LogP contribution in [0.3, 0.4) is 0 Å². The number of nitrogen functional groups attached to an aromatic ring is 1. The summed E-state index contributed by atoms with van der Waals surface area (Å²) in [5.74, 6) is 2.43. The van der Waals surface area contributed by atoms with Crippen molar-refractivity contribution in [1.82, 2.24) is 9.78 Å². The molecule has 2 heterocycles. The highest BCUT2D eigenvalue weighted by atomic mass is 16.7. The zero-order valence-electron chi connectivity index (χ0n) is 11.6. The lowest BCUT2D eigenvalue weighted by Crippen LogP contribution is -2.06. The average Bonchev–Trinajstić information content (AvgIpc) is 3.01. The largest absolute Gasteiger partial charge is 0.454 e. The van der Waals surface area contributed by atoms with Gasteiger partial charge in [-0.2, -0.15) is 5.10 Å². The third-order valence-electron chi connectivity index (χ3n) is 3.39. The van der Waals surface area contributed by atoms with Gasteiger partial charge in [-0.25, -0.2) is 0 Å². The molecule has 0 saturated carbocycles. The fraction of sp³-hybridized carbons (Fsp3) is 0.357. The molecule has 0 fully saturated rings. The Morgan fingerprint density at radius 3 is 2.90 bits per heavy atom. The number of nitrogens with zero attached hydrogens (tertiary/aromatic N) is 2. The van der Waals surface area contributed by atoms with E-state index in [1.807, 2.05) is 32.2 Å². The molecule has 20 heavy (non-hydrogen) atoms.